The van der Waals surface area contributed by atoms with E-state index >= 15 is 0 Å². The van der Waals surface area contributed by atoms with Crippen molar-refractivity contribution in [3.8, 4) is 0 Å². The number of rotatable bonds is 1. The lowest BCUT2D eigenvalue weighted by Crippen LogP contribution is -2.38. The summed E-state index contributed by atoms with van der Waals surface area (Å²) in [6.07, 6.45) is 3.70. The summed E-state index contributed by atoms with van der Waals surface area (Å²) in [6, 6.07) is 5.33. The highest BCUT2D eigenvalue weighted by Crippen LogP contribution is 2.21. The molecule has 0 bridgehead atoms. The molecule has 1 aromatic heterocycles. The van der Waals surface area contributed by atoms with Gasteiger partial charge in [-0.25, -0.2) is 4.98 Å². The number of amides is 1. The molecule has 0 aliphatic carbocycles. The number of nitrogen functional groups attached to an aromatic ring is 1. The second kappa shape index (κ2) is 4.70. The third kappa shape index (κ3) is 2.23. The Bertz CT molecular complexity index is 637. The summed E-state index contributed by atoms with van der Waals surface area (Å²) in [5.41, 5.74) is 6.94. The molecule has 6 heteroatoms. The van der Waals surface area contributed by atoms with E-state index in [1.165, 1.54) is 0 Å². The Kier molecular flexibility index (Phi) is 3.02. The number of nitrogens with zero attached hydrogens (tertiary/aromatic N) is 3. The summed E-state index contributed by atoms with van der Waals surface area (Å²) < 4.78 is 2.94. The third-order valence-electron chi connectivity index (χ3n) is 3.28. The Morgan fingerprint density at radius 1 is 1.37 bits per heavy atom. The molecule has 0 saturated heterocycles. The maximum absolute atomic E-state index is 12.5. The average Bonchev–Trinajstić information content (AvgIpc) is 2.85. The van der Waals surface area contributed by atoms with E-state index in [-0.39, 0.29) is 5.91 Å². The summed E-state index contributed by atoms with van der Waals surface area (Å²) >= 11 is 3.34. The maximum atomic E-state index is 12.5. The number of hydrogen-bond acceptors (Lipinski definition) is 3. The van der Waals surface area contributed by atoms with E-state index < -0.39 is 0 Å². The largest absolute Gasteiger partial charge is 0.398 e. The number of aromatic nitrogens is 2. The van der Waals surface area contributed by atoms with Gasteiger partial charge in [-0.3, -0.25) is 4.79 Å². The van der Waals surface area contributed by atoms with Crippen molar-refractivity contribution < 1.29 is 4.79 Å². The molecule has 0 radical (unpaired) electrons. The van der Waals surface area contributed by atoms with Crippen LogP contribution in [0.3, 0.4) is 0 Å². The topological polar surface area (TPSA) is 64.2 Å². The smallest absolute Gasteiger partial charge is 0.256 e. The van der Waals surface area contributed by atoms with Gasteiger partial charge in [-0.05, 0) is 18.2 Å². The van der Waals surface area contributed by atoms with Crippen LogP contribution in [0.4, 0.5) is 5.69 Å². The van der Waals surface area contributed by atoms with Crippen molar-refractivity contribution in [1.29, 1.82) is 0 Å². The van der Waals surface area contributed by atoms with Crippen LogP contribution in [-0.4, -0.2) is 26.9 Å². The van der Waals surface area contributed by atoms with Crippen LogP contribution in [0, 0.1) is 0 Å². The van der Waals surface area contributed by atoms with Crippen molar-refractivity contribution >= 4 is 27.5 Å². The van der Waals surface area contributed by atoms with Gasteiger partial charge in [0.25, 0.3) is 5.91 Å². The molecule has 2 aromatic rings. The minimum Gasteiger partial charge on any atom is -0.398 e. The lowest BCUT2D eigenvalue weighted by molar-refractivity contribution is 0.0708. The van der Waals surface area contributed by atoms with Crippen molar-refractivity contribution in [2.24, 2.45) is 0 Å². The van der Waals surface area contributed by atoms with E-state index in [0.717, 1.165) is 16.8 Å². The van der Waals surface area contributed by atoms with Crippen LogP contribution in [0.2, 0.25) is 0 Å². The molecule has 5 nitrogen and oxygen atoms in total. The highest BCUT2D eigenvalue weighted by atomic mass is 79.9. The normalized spacial score (nSPS) is 14.3. The Morgan fingerprint density at radius 3 is 3.00 bits per heavy atom. The first-order valence-corrected chi connectivity index (χ1v) is 6.79. The molecule has 1 amide bonds. The highest BCUT2D eigenvalue weighted by Gasteiger charge is 2.23. The molecular weight excluding hydrogens is 308 g/mol. The zero-order valence-electron chi connectivity index (χ0n) is 10.2. The molecule has 0 saturated carbocycles. The number of carbonyl (C=O) groups excluding carboxylic acids is 1. The van der Waals surface area contributed by atoms with Gasteiger partial charge in [0, 0.05) is 35.6 Å². The van der Waals surface area contributed by atoms with Gasteiger partial charge in [0.05, 0.1) is 12.1 Å². The predicted octanol–water partition coefficient (Wildman–Crippen LogP) is 1.88. The monoisotopic (exact) mass is 320 g/mol. The fraction of sp³-hybridized carbons (Fsp3) is 0.231. The quantitative estimate of drug-likeness (QED) is 0.816. The maximum Gasteiger partial charge on any atom is 0.256 e. The van der Waals surface area contributed by atoms with Gasteiger partial charge < -0.3 is 15.2 Å². The number of nitrogens with two attached hydrogens (primary N) is 1. The molecule has 1 aromatic carbocycles. The van der Waals surface area contributed by atoms with E-state index in [1.807, 2.05) is 12.3 Å². The molecule has 2 heterocycles. The number of carbonyl (C=O) groups is 1. The van der Waals surface area contributed by atoms with Crippen LogP contribution in [0.25, 0.3) is 0 Å². The van der Waals surface area contributed by atoms with Crippen LogP contribution in [0.5, 0.6) is 0 Å². The van der Waals surface area contributed by atoms with Crippen molar-refractivity contribution in [2.45, 2.75) is 13.1 Å². The second-order valence-electron chi connectivity index (χ2n) is 4.50. The van der Waals surface area contributed by atoms with E-state index in [2.05, 4.69) is 25.5 Å². The van der Waals surface area contributed by atoms with Gasteiger partial charge >= 0.3 is 0 Å². The van der Waals surface area contributed by atoms with Gasteiger partial charge in [0.2, 0.25) is 0 Å². The summed E-state index contributed by atoms with van der Waals surface area (Å²) in [6.45, 7) is 1.98. The molecule has 0 atom stereocenters. The molecule has 0 fully saturated rings. The second-order valence-corrected chi connectivity index (χ2v) is 5.41. The van der Waals surface area contributed by atoms with Crippen LogP contribution < -0.4 is 5.73 Å². The standard InChI is InChI=1S/C13H13BrN4O/c14-9-1-2-10(11(15)7-9)13(19)18-6-5-17-4-3-16-12(17)8-18/h1-4,7H,5-6,8,15H2. The lowest BCUT2D eigenvalue weighted by Gasteiger charge is -2.28. The summed E-state index contributed by atoms with van der Waals surface area (Å²) in [7, 11) is 0. The van der Waals surface area contributed by atoms with E-state index in [9.17, 15) is 4.79 Å². The molecule has 0 unspecified atom stereocenters. The Labute approximate surface area is 119 Å². The van der Waals surface area contributed by atoms with Crippen LogP contribution in [-0.2, 0) is 13.1 Å². The van der Waals surface area contributed by atoms with Gasteiger partial charge in [-0.1, -0.05) is 15.9 Å². The molecule has 98 valence electrons. The zero-order valence-corrected chi connectivity index (χ0v) is 11.8. The SMILES string of the molecule is Nc1cc(Br)ccc1C(=O)N1CCn2ccnc2C1. The number of imidazole rings is 1. The number of fused-ring (bicyclic) bond motifs is 1. The Morgan fingerprint density at radius 2 is 2.21 bits per heavy atom. The fourth-order valence-electron chi connectivity index (χ4n) is 2.25. The first-order valence-electron chi connectivity index (χ1n) is 5.99. The van der Waals surface area contributed by atoms with Gasteiger partial charge in [-0.15, -0.1) is 0 Å². The van der Waals surface area contributed by atoms with Crippen LogP contribution in [0.15, 0.2) is 35.1 Å². The number of benzene rings is 1. The van der Waals surface area contributed by atoms with E-state index in [0.29, 0.717) is 24.3 Å². The molecule has 0 spiro atoms. The fourth-order valence-corrected chi connectivity index (χ4v) is 2.62. The molecule has 1 aliphatic heterocycles. The van der Waals surface area contributed by atoms with Gasteiger partial charge in [0.15, 0.2) is 0 Å². The number of hydrogen-bond donors (Lipinski definition) is 1. The molecule has 3 rings (SSSR count). The summed E-state index contributed by atoms with van der Waals surface area (Å²) in [5.74, 6) is 0.870. The van der Waals surface area contributed by atoms with Crippen LogP contribution >= 0.6 is 15.9 Å². The summed E-state index contributed by atoms with van der Waals surface area (Å²) in [4.78, 5) is 18.5. The molecule has 2 N–H and O–H groups in total. The number of halogens is 1. The molecular formula is C13H13BrN4O. The molecule has 1 aliphatic rings. The van der Waals surface area contributed by atoms with Gasteiger partial charge in [-0.2, -0.15) is 0 Å². The first-order chi connectivity index (χ1) is 9.15. The predicted molar refractivity (Wildman–Crippen MR) is 75.5 cm³/mol. The van der Waals surface area contributed by atoms with Crippen molar-refractivity contribution in [3.63, 3.8) is 0 Å². The Hall–Kier alpha value is -1.82. The lowest BCUT2D eigenvalue weighted by atomic mass is 10.1. The minimum atomic E-state index is -0.0424. The Balaban J connectivity index is 1.85. The van der Waals surface area contributed by atoms with Crippen molar-refractivity contribution in [1.82, 2.24) is 14.5 Å². The van der Waals surface area contributed by atoms with E-state index in [4.69, 9.17) is 5.73 Å². The van der Waals surface area contributed by atoms with Crippen LogP contribution in [0.1, 0.15) is 16.2 Å². The molecule has 19 heavy (non-hydrogen) atoms. The van der Waals surface area contributed by atoms with Crippen molar-refractivity contribution in [3.05, 3.63) is 46.5 Å². The zero-order chi connectivity index (χ0) is 13.4. The third-order valence-corrected chi connectivity index (χ3v) is 3.77. The highest BCUT2D eigenvalue weighted by molar-refractivity contribution is 9.10. The first kappa shape index (κ1) is 12.2. The van der Waals surface area contributed by atoms with Gasteiger partial charge in [0.1, 0.15) is 5.82 Å². The van der Waals surface area contributed by atoms with Crippen molar-refractivity contribution in [2.75, 3.05) is 12.3 Å². The summed E-state index contributed by atoms with van der Waals surface area (Å²) in [5, 5.41) is 0. The minimum absolute atomic E-state index is 0.0424. The van der Waals surface area contributed by atoms with E-state index in [1.54, 1.807) is 23.2 Å². The number of anilines is 1. The average molecular weight is 321 g/mol.